The molecule has 2 aromatic heterocycles. The van der Waals surface area contributed by atoms with E-state index in [-0.39, 0.29) is 16.6 Å². The molecule has 0 aromatic carbocycles. The number of phosphoric acid groups is 1. The molecule has 0 amide bonds. The summed E-state index contributed by atoms with van der Waals surface area (Å²) in [6, 6.07) is 1.49. The van der Waals surface area contributed by atoms with E-state index in [0.717, 1.165) is 0 Å². The number of phosphoric ester groups is 1. The minimum absolute atomic E-state index is 0.251. The van der Waals surface area contributed by atoms with Crippen molar-refractivity contribution in [3.63, 3.8) is 0 Å². The first-order chi connectivity index (χ1) is 11.7. The van der Waals surface area contributed by atoms with Crippen molar-refractivity contribution in [3.8, 4) is 0 Å². The zero-order valence-corrected chi connectivity index (χ0v) is 14.6. The van der Waals surface area contributed by atoms with Gasteiger partial charge in [-0.15, -0.1) is 0 Å². The van der Waals surface area contributed by atoms with Gasteiger partial charge in [-0.3, -0.25) is 9.32 Å². The Kier molecular flexibility index (Phi) is 5.06. The number of aromatic amines is 1. The number of H-pyrrole nitrogens is 1. The van der Waals surface area contributed by atoms with E-state index in [4.69, 9.17) is 14.5 Å². The van der Waals surface area contributed by atoms with Crippen molar-refractivity contribution in [2.75, 3.05) is 12.9 Å². The number of hydrogen-bond donors (Lipinski definition) is 5. The van der Waals surface area contributed by atoms with E-state index in [9.17, 15) is 19.6 Å². The fourth-order valence-corrected chi connectivity index (χ4v) is 3.31. The number of ether oxygens (including phenoxy) is 1. The van der Waals surface area contributed by atoms with Gasteiger partial charge in [0, 0.05) is 6.20 Å². The van der Waals surface area contributed by atoms with E-state index >= 15 is 0 Å². The Bertz CT molecular complexity index is 879. The van der Waals surface area contributed by atoms with Gasteiger partial charge in [0.2, 0.25) is 0 Å². The number of hydrogen-bond acceptors (Lipinski definition) is 8. The third-order valence-electron chi connectivity index (χ3n) is 3.77. The highest BCUT2D eigenvalue weighted by molar-refractivity contribution is 7.98. The van der Waals surface area contributed by atoms with Crippen LogP contribution in [0.2, 0.25) is 0 Å². The Morgan fingerprint density at radius 3 is 2.80 bits per heavy atom. The molecule has 25 heavy (non-hydrogen) atoms. The first-order valence-electron chi connectivity index (χ1n) is 7.08. The largest absolute Gasteiger partial charge is 0.469 e. The second-order valence-corrected chi connectivity index (χ2v) is 7.40. The Morgan fingerprint density at radius 1 is 1.44 bits per heavy atom. The molecule has 0 saturated carbocycles. The summed E-state index contributed by atoms with van der Waals surface area (Å²) >= 11 is 1.23. The van der Waals surface area contributed by atoms with Crippen molar-refractivity contribution >= 4 is 30.6 Å². The summed E-state index contributed by atoms with van der Waals surface area (Å²) in [5.41, 5.74) is -0.108. The fraction of sp³-hybridized carbons (Fsp3) is 0.500. The quantitative estimate of drug-likeness (QED) is 0.246. The van der Waals surface area contributed by atoms with Crippen LogP contribution in [0.1, 0.15) is 6.23 Å². The van der Waals surface area contributed by atoms with Gasteiger partial charge in [-0.2, -0.15) is 0 Å². The maximum atomic E-state index is 12.0. The first kappa shape index (κ1) is 18.5. The highest BCUT2D eigenvalue weighted by Gasteiger charge is 2.45. The Morgan fingerprint density at radius 2 is 2.16 bits per heavy atom. The highest BCUT2D eigenvalue weighted by Crippen LogP contribution is 2.38. The van der Waals surface area contributed by atoms with E-state index in [2.05, 4.69) is 14.5 Å². The second kappa shape index (κ2) is 6.82. The van der Waals surface area contributed by atoms with Crippen LogP contribution < -0.4 is 5.56 Å². The molecule has 138 valence electrons. The average Bonchev–Trinajstić information content (AvgIpc) is 3.08. The van der Waals surface area contributed by atoms with Crippen molar-refractivity contribution in [1.82, 2.24) is 14.5 Å². The minimum Gasteiger partial charge on any atom is -0.387 e. The molecule has 13 heteroatoms. The van der Waals surface area contributed by atoms with E-state index in [0.29, 0.717) is 5.16 Å². The molecule has 0 spiro atoms. The predicted molar refractivity (Wildman–Crippen MR) is 86.1 cm³/mol. The minimum atomic E-state index is -4.74. The van der Waals surface area contributed by atoms with Crippen LogP contribution in [-0.4, -0.2) is 65.7 Å². The molecule has 3 heterocycles. The standard InChI is InChI=1S/C12H16N3O8PS/c1-25-12-13-9-5(10(18)14-12)2-3-15(9)11-8(17)7(16)6(23-11)4-22-24(19,20)21/h2-3,6-8,11,16-17H,4H2,1H3,(H,13,14,18)(H2,19,20,21). The monoisotopic (exact) mass is 393 g/mol. The van der Waals surface area contributed by atoms with Gasteiger partial charge in [0.15, 0.2) is 17.0 Å². The number of rotatable bonds is 5. The van der Waals surface area contributed by atoms with Gasteiger partial charge in [-0.25, -0.2) is 9.55 Å². The van der Waals surface area contributed by atoms with Gasteiger partial charge in [-0.1, -0.05) is 11.8 Å². The zero-order valence-electron chi connectivity index (χ0n) is 12.8. The highest BCUT2D eigenvalue weighted by atomic mass is 32.2. The SMILES string of the molecule is CSc1nc2c(ccn2C2OC(COP(=O)(O)O)C(O)C2O)c(=O)[nH]1. The molecule has 0 radical (unpaired) electrons. The summed E-state index contributed by atoms with van der Waals surface area (Å²) in [4.78, 5) is 36.4. The van der Waals surface area contributed by atoms with Crippen molar-refractivity contribution in [3.05, 3.63) is 22.6 Å². The lowest BCUT2D eigenvalue weighted by Gasteiger charge is -2.17. The van der Waals surface area contributed by atoms with E-state index < -0.39 is 39.0 Å². The number of thioether (sulfide) groups is 1. The van der Waals surface area contributed by atoms with Gasteiger partial charge < -0.3 is 34.3 Å². The van der Waals surface area contributed by atoms with Crippen molar-refractivity contribution in [2.45, 2.75) is 29.7 Å². The topological polar surface area (TPSA) is 167 Å². The van der Waals surface area contributed by atoms with Crippen LogP contribution in [0.15, 0.2) is 22.2 Å². The van der Waals surface area contributed by atoms with Crippen molar-refractivity contribution < 1.29 is 33.8 Å². The van der Waals surface area contributed by atoms with Gasteiger partial charge in [0.25, 0.3) is 5.56 Å². The molecule has 3 rings (SSSR count). The maximum Gasteiger partial charge on any atom is 0.469 e. The average molecular weight is 393 g/mol. The number of nitrogens with zero attached hydrogens (tertiary/aromatic N) is 2. The summed E-state index contributed by atoms with van der Waals surface area (Å²) in [6.07, 6.45) is -1.88. The number of fused-ring (bicyclic) bond motifs is 1. The second-order valence-electron chi connectivity index (χ2n) is 5.37. The fourth-order valence-electron chi connectivity index (χ4n) is 2.59. The molecule has 0 bridgehead atoms. The molecule has 11 nitrogen and oxygen atoms in total. The third-order valence-corrected chi connectivity index (χ3v) is 4.84. The van der Waals surface area contributed by atoms with Crippen molar-refractivity contribution in [2.24, 2.45) is 0 Å². The smallest absolute Gasteiger partial charge is 0.387 e. The summed E-state index contributed by atoms with van der Waals surface area (Å²) < 4.78 is 22.0. The molecule has 0 aliphatic carbocycles. The van der Waals surface area contributed by atoms with Gasteiger partial charge in [-0.05, 0) is 12.3 Å². The molecular formula is C12H16N3O8PS. The van der Waals surface area contributed by atoms with Crippen LogP contribution in [0.3, 0.4) is 0 Å². The van der Waals surface area contributed by atoms with Crippen molar-refractivity contribution in [1.29, 1.82) is 0 Å². The molecule has 1 aliphatic heterocycles. The molecule has 1 aliphatic rings. The molecule has 1 saturated heterocycles. The van der Waals surface area contributed by atoms with Crippen LogP contribution in [0.5, 0.6) is 0 Å². The summed E-state index contributed by atoms with van der Waals surface area (Å²) in [5, 5.41) is 20.9. The lowest BCUT2D eigenvalue weighted by molar-refractivity contribution is -0.0501. The zero-order chi connectivity index (χ0) is 18.4. The lowest BCUT2D eigenvalue weighted by atomic mass is 10.1. The summed E-state index contributed by atoms with van der Waals surface area (Å²) in [5.74, 6) is 0. The third kappa shape index (κ3) is 3.66. The molecular weight excluding hydrogens is 377 g/mol. The van der Waals surface area contributed by atoms with Gasteiger partial charge >= 0.3 is 7.82 Å². The van der Waals surface area contributed by atoms with Crippen LogP contribution in [-0.2, 0) is 13.8 Å². The normalized spacial score (nSPS) is 27.2. The molecule has 2 aromatic rings. The van der Waals surface area contributed by atoms with Crippen LogP contribution in [0.4, 0.5) is 0 Å². The van der Waals surface area contributed by atoms with Gasteiger partial charge in [0.05, 0.1) is 12.0 Å². The predicted octanol–water partition coefficient (Wildman–Crippen LogP) is -0.825. The molecule has 4 atom stereocenters. The summed E-state index contributed by atoms with van der Waals surface area (Å²) in [7, 11) is -4.74. The number of aliphatic hydroxyl groups is 2. The lowest BCUT2D eigenvalue weighted by Crippen LogP contribution is -2.33. The molecule has 1 fully saturated rings. The van der Waals surface area contributed by atoms with Crippen LogP contribution in [0, 0.1) is 0 Å². The Hall–Kier alpha value is -1.24. The Balaban J connectivity index is 1.91. The van der Waals surface area contributed by atoms with E-state index in [1.165, 1.54) is 28.6 Å². The van der Waals surface area contributed by atoms with Crippen LogP contribution >= 0.6 is 19.6 Å². The Labute approximate surface area is 144 Å². The number of nitrogens with one attached hydrogen (secondary N) is 1. The van der Waals surface area contributed by atoms with E-state index in [1.54, 1.807) is 6.26 Å². The van der Waals surface area contributed by atoms with Gasteiger partial charge in [0.1, 0.15) is 18.3 Å². The van der Waals surface area contributed by atoms with E-state index in [1.807, 2.05) is 0 Å². The molecule has 4 unspecified atom stereocenters. The summed E-state index contributed by atoms with van der Waals surface area (Å²) in [6.45, 7) is -0.609. The molecule has 5 N–H and O–H groups in total. The number of aliphatic hydroxyl groups excluding tert-OH is 2. The maximum absolute atomic E-state index is 12.0. The first-order valence-corrected chi connectivity index (χ1v) is 9.83. The number of aromatic nitrogens is 3. The van der Waals surface area contributed by atoms with Crippen LogP contribution in [0.25, 0.3) is 11.0 Å².